The van der Waals surface area contributed by atoms with Gasteiger partial charge in [0.1, 0.15) is 11.5 Å². The Kier molecular flexibility index (Phi) is 6.91. The standard InChI is InChI=1S/C27H21F5N6O/c28-20-9-14(12-33)8-17-18(13-35-24(17)20)23-19(27(30,31)32)11-21(29)25(38-23)36-15-4-3-5-16(10-15)37-26(39)22-6-1-2-7-34-22/h1-2,6-9,11,13,15-16,35H,3-5,10H2,(H,36,38)(H,37,39)/t15-,16+/m1/s1. The maximum Gasteiger partial charge on any atom is 0.418 e. The van der Waals surface area contributed by atoms with Crippen molar-refractivity contribution in [2.24, 2.45) is 0 Å². The van der Waals surface area contributed by atoms with Gasteiger partial charge in [-0.2, -0.15) is 18.4 Å². The number of hydrogen-bond donors (Lipinski definition) is 3. The molecule has 0 radical (unpaired) electrons. The average Bonchev–Trinajstić information content (AvgIpc) is 3.34. The van der Waals surface area contributed by atoms with Crippen LogP contribution in [0.25, 0.3) is 22.2 Å². The van der Waals surface area contributed by atoms with Gasteiger partial charge in [-0.25, -0.2) is 13.8 Å². The van der Waals surface area contributed by atoms with Crippen molar-refractivity contribution in [3.05, 3.63) is 77.2 Å². The Balaban J connectivity index is 1.45. The Morgan fingerprint density at radius 1 is 1.10 bits per heavy atom. The molecule has 3 aromatic heterocycles. The third kappa shape index (κ3) is 5.38. The first kappa shape index (κ1) is 26.1. The Morgan fingerprint density at radius 2 is 1.90 bits per heavy atom. The average molecular weight is 540 g/mol. The lowest BCUT2D eigenvalue weighted by atomic mass is 9.90. The molecule has 2 atom stereocenters. The number of aromatic nitrogens is 3. The Bertz CT molecular complexity index is 1580. The zero-order valence-corrected chi connectivity index (χ0v) is 20.2. The molecule has 4 aromatic rings. The first-order valence-electron chi connectivity index (χ1n) is 12.1. The highest BCUT2D eigenvalue weighted by molar-refractivity contribution is 5.96. The molecule has 0 unspecified atom stereocenters. The van der Waals surface area contributed by atoms with Crippen LogP contribution in [0.3, 0.4) is 0 Å². The van der Waals surface area contributed by atoms with E-state index in [1.807, 2.05) is 0 Å². The number of carbonyl (C=O) groups is 1. The van der Waals surface area contributed by atoms with Crippen LogP contribution in [0.1, 0.15) is 47.3 Å². The van der Waals surface area contributed by atoms with Gasteiger partial charge in [0.05, 0.1) is 28.4 Å². The largest absolute Gasteiger partial charge is 0.418 e. The SMILES string of the molecule is N#Cc1cc(F)c2[nH]cc(-c3nc(N[C@@H]4CCC[C@H](NC(=O)c5ccccn5)C4)c(F)cc3C(F)(F)F)c2c1. The summed E-state index contributed by atoms with van der Waals surface area (Å²) in [5.74, 6) is -2.77. The first-order chi connectivity index (χ1) is 18.6. The fourth-order valence-corrected chi connectivity index (χ4v) is 4.86. The van der Waals surface area contributed by atoms with E-state index in [1.165, 1.54) is 12.3 Å². The van der Waals surface area contributed by atoms with Gasteiger partial charge in [-0.05, 0) is 56.0 Å². The smallest absolute Gasteiger partial charge is 0.365 e. The summed E-state index contributed by atoms with van der Waals surface area (Å²) in [7, 11) is 0. The molecule has 0 bridgehead atoms. The van der Waals surface area contributed by atoms with Crippen LogP contribution in [-0.2, 0) is 6.18 Å². The summed E-state index contributed by atoms with van der Waals surface area (Å²) < 4.78 is 71.2. The van der Waals surface area contributed by atoms with E-state index in [-0.39, 0.29) is 45.7 Å². The van der Waals surface area contributed by atoms with Gasteiger partial charge in [0, 0.05) is 35.4 Å². The molecule has 1 aromatic carbocycles. The molecule has 0 saturated heterocycles. The van der Waals surface area contributed by atoms with Gasteiger partial charge in [0.2, 0.25) is 0 Å². The summed E-state index contributed by atoms with van der Waals surface area (Å²) in [4.78, 5) is 23.1. The second-order valence-electron chi connectivity index (χ2n) is 9.30. The maximum absolute atomic E-state index is 15.0. The number of nitrogens with one attached hydrogen (secondary N) is 3. The molecule has 0 aliphatic heterocycles. The molecule has 200 valence electrons. The number of H-pyrrole nitrogens is 1. The number of alkyl halides is 3. The van der Waals surface area contributed by atoms with Crippen molar-refractivity contribution in [2.45, 2.75) is 43.9 Å². The normalized spacial score (nSPS) is 17.5. The Labute approximate surface area is 219 Å². The summed E-state index contributed by atoms with van der Waals surface area (Å²) in [6.07, 6.45) is 0.0170. The van der Waals surface area contributed by atoms with E-state index in [1.54, 1.807) is 24.3 Å². The van der Waals surface area contributed by atoms with E-state index in [2.05, 4.69) is 25.6 Å². The number of amides is 1. The lowest BCUT2D eigenvalue weighted by Crippen LogP contribution is -2.42. The number of carbonyl (C=O) groups excluding carboxylic acids is 1. The zero-order valence-electron chi connectivity index (χ0n) is 20.2. The van der Waals surface area contributed by atoms with Crippen LogP contribution in [0.5, 0.6) is 0 Å². The minimum absolute atomic E-state index is 0.0112. The number of fused-ring (bicyclic) bond motifs is 1. The maximum atomic E-state index is 15.0. The molecule has 1 aliphatic carbocycles. The summed E-state index contributed by atoms with van der Waals surface area (Å²) in [5.41, 5.74) is -2.00. The lowest BCUT2D eigenvalue weighted by Gasteiger charge is -2.31. The number of nitriles is 1. The molecule has 3 heterocycles. The number of aromatic amines is 1. The molecule has 3 N–H and O–H groups in total. The number of hydrogen-bond acceptors (Lipinski definition) is 5. The molecular weight excluding hydrogens is 519 g/mol. The van der Waals surface area contributed by atoms with Crippen LogP contribution in [0.15, 0.2) is 48.8 Å². The fourth-order valence-electron chi connectivity index (χ4n) is 4.86. The third-order valence-corrected chi connectivity index (χ3v) is 6.65. The quantitative estimate of drug-likeness (QED) is 0.272. The van der Waals surface area contributed by atoms with E-state index in [0.717, 1.165) is 12.3 Å². The number of rotatable bonds is 5. The monoisotopic (exact) mass is 540 g/mol. The molecule has 39 heavy (non-hydrogen) atoms. The first-order valence-corrected chi connectivity index (χ1v) is 12.1. The van der Waals surface area contributed by atoms with Gasteiger partial charge < -0.3 is 15.6 Å². The van der Waals surface area contributed by atoms with E-state index in [0.29, 0.717) is 31.7 Å². The topological polar surface area (TPSA) is 106 Å². The van der Waals surface area contributed by atoms with Crippen molar-refractivity contribution >= 4 is 22.6 Å². The summed E-state index contributed by atoms with van der Waals surface area (Å²) in [5, 5.41) is 15.0. The molecule has 1 fully saturated rings. The van der Waals surface area contributed by atoms with Crippen molar-refractivity contribution in [3.8, 4) is 17.3 Å². The van der Waals surface area contributed by atoms with Crippen LogP contribution < -0.4 is 10.6 Å². The van der Waals surface area contributed by atoms with Crippen molar-refractivity contribution in [3.63, 3.8) is 0 Å². The number of halogens is 5. The van der Waals surface area contributed by atoms with Crippen LogP contribution in [0, 0.1) is 23.0 Å². The summed E-state index contributed by atoms with van der Waals surface area (Å²) in [6.45, 7) is 0. The van der Waals surface area contributed by atoms with E-state index >= 15 is 0 Å². The third-order valence-electron chi connectivity index (χ3n) is 6.65. The number of anilines is 1. The summed E-state index contributed by atoms with van der Waals surface area (Å²) in [6, 6.07) is 8.65. The minimum atomic E-state index is -4.96. The number of benzene rings is 1. The van der Waals surface area contributed by atoms with Crippen LogP contribution in [0.2, 0.25) is 0 Å². The van der Waals surface area contributed by atoms with Crippen molar-refractivity contribution in [2.75, 3.05) is 5.32 Å². The van der Waals surface area contributed by atoms with Crippen molar-refractivity contribution < 1.29 is 26.7 Å². The van der Waals surface area contributed by atoms with Gasteiger partial charge in [0.15, 0.2) is 11.6 Å². The van der Waals surface area contributed by atoms with Gasteiger partial charge >= 0.3 is 6.18 Å². The van der Waals surface area contributed by atoms with Crippen molar-refractivity contribution in [1.82, 2.24) is 20.3 Å². The summed E-state index contributed by atoms with van der Waals surface area (Å²) >= 11 is 0. The second kappa shape index (κ2) is 10.3. The van der Waals surface area contributed by atoms with E-state index in [9.17, 15) is 32.0 Å². The molecule has 7 nitrogen and oxygen atoms in total. The lowest BCUT2D eigenvalue weighted by molar-refractivity contribution is -0.137. The number of pyridine rings is 2. The van der Waals surface area contributed by atoms with Gasteiger partial charge in [-0.3, -0.25) is 9.78 Å². The highest BCUT2D eigenvalue weighted by atomic mass is 19.4. The predicted octanol–water partition coefficient (Wildman–Crippen LogP) is 5.95. The Morgan fingerprint density at radius 3 is 2.62 bits per heavy atom. The van der Waals surface area contributed by atoms with E-state index < -0.39 is 34.9 Å². The molecule has 0 spiro atoms. The molecule has 1 saturated carbocycles. The highest BCUT2D eigenvalue weighted by Gasteiger charge is 2.37. The van der Waals surface area contributed by atoms with Gasteiger partial charge in [0.25, 0.3) is 5.91 Å². The second-order valence-corrected chi connectivity index (χ2v) is 9.30. The van der Waals surface area contributed by atoms with Crippen molar-refractivity contribution in [1.29, 1.82) is 5.26 Å². The number of nitrogens with zero attached hydrogens (tertiary/aromatic N) is 3. The van der Waals surface area contributed by atoms with Gasteiger partial charge in [-0.1, -0.05) is 6.07 Å². The minimum Gasteiger partial charge on any atom is -0.365 e. The zero-order chi connectivity index (χ0) is 27.7. The van der Waals surface area contributed by atoms with Crippen LogP contribution in [-0.4, -0.2) is 32.9 Å². The molecule has 5 rings (SSSR count). The fraction of sp³-hybridized carbons (Fsp3) is 0.259. The van der Waals surface area contributed by atoms with Crippen LogP contribution >= 0.6 is 0 Å². The Hall–Kier alpha value is -4.53. The molecular formula is C27H21F5N6O. The van der Waals surface area contributed by atoms with Gasteiger partial charge in [-0.15, -0.1) is 0 Å². The molecule has 12 heteroatoms. The van der Waals surface area contributed by atoms with Crippen LogP contribution in [0.4, 0.5) is 27.8 Å². The highest BCUT2D eigenvalue weighted by Crippen LogP contribution is 2.41. The van der Waals surface area contributed by atoms with E-state index in [4.69, 9.17) is 0 Å². The molecule has 1 amide bonds. The molecule has 1 aliphatic rings. The predicted molar refractivity (Wildman–Crippen MR) is 133 cm³/mol.